The molecule has 0 spiro atoms. The molecule has 1 aliphatic carbocycles. The van der Waals surface area contributed by atoms with Crippen LogP contribution in [-0.2, 0) is 22.4 Å². The molecule has 2 atom stereocenters. The van der Waals surface area contributed by atoms with Crippen molar-refractivity contribution in [1.29, 1.82) is 0 Å². The number of methoxy groups -OCH3 is 1. The van der Waals surface area contributed by atoms with Crippen LogP contribution in [0.1, 0.15) is 29.2 Å². The fourth-order valence-electron chi connectivity index (χ4n) is 3.14. The smallest absolute Gasteiger partial charge is 0.327 e. The number of carbonyl (C=O) groups excluding carboxylic acids is 1. The third-order valence-corrected chi connectivity index (χ3v) is 4.32. The Bertz CT molecular complexity index is 639. The first-order valence-electron chi connectivity index (χ1n) is 7.73. The van der Waals surface area contributed by atoms with Gasteiger partial charge in [-0.15, -0.1) is 0 Å². The maximum Gasteiger partial charge on any atom is 0.327 e. The number of hydrogen-bond acceptors (Lipinski definition) is 3. The van der Waals surface area contributed by atoms with Crippen molar-refractivity contribution < 1.29 is 9.53 Å². The standard InChI is InChI=1S/C19H21NO2/c1-22-19(21)18(15-8-3-2-4-9-15)20-17-12-11-14-7-5-6-10-16(14)13-17/h2-10,17-18,20H,11-13H2,1H3. The molecule has 1 aliphatic rings. The first-order valence-corrected chi connectivity index (χ1v) is 7.73. The molecule has 0 heterocycles. The van der Waals surface area contributed by atoms with E-state index in [-0.39, 0.29) is 5.97 Å². The molecule has 3 rings (SSSR count). The number of esters is 1. The van der Waals surface area contributed by atoms with Crippen LogP contribution in [0.3, 0.4) is 0 Å². The number of carbonyl (C=O) groups is 1. The molecule has 2 aromatic rings. The van der Waals surface area contributed by atoms with Crippen LogP contribution >= 0.6 is 0 Å². The van der Waals surface area contributed by atoms with Gasteiger partial charge in [-0.25, -0.2) is 4.79 Å². The Morgan fingerprint density at radius 3 is 2.50 bits per heavy atom. The van der Waals surface area contributed by atoms with Crippen molar-refractivity contribution >= 4 is 5.97 Å². The second-order valence-electron chi connectivity index (χ2n) is 5.74. The molecule has 0 fully saturated rings. The van der Waals surface area contributed by atoms with Gasteiger partial charge in [0, 0.05) is 6.04 Å². The van der Waals surface area contributed by atoms with Crippen molar-refractivity contribution in [3.63, 3.8) is 0 Å². The summed E-state index contributed by atoms with van der Waals surface area (Å²) in [7, 11) is 1.44. The Morgan fingerprint density at radius 2 is 1.77 bits per heavy atom. The third-order valence-electron chi connectivity index (χ3n) is 4.32. The molecule has 3 nitrogen and oxygen atoms in total. The van der Waals surface area contributed by atoms with Crippen LogP contribution in [0.5, 0.6) is 0 Å². The first kappa shape index (κ1) is 14.8. The third kappa shape index (κ3) is 3.20. The lowest BCUT2D eigenvalue weighted by Gasteiger charge is -2.29. The largest absolute Gasteiger partial charge is 0.468 e. The van der Waals surface area contributed by atoms with Gasteiger partial charge in [0.25, 0.3) is 0 Å². The van der Waals surface area contributed by atoms with E-state index in [0.29, 0.717) is 6.04 Å². The molecule has 0 aromatic heterocycles. The molecule has 2 aromatic carbocycles. The monoisotopic (exact) mass is 295 g/mol. The van der Waals surface area contributed by atoms with Gasteiger partial charge in [0.2, 0.25) is 0 Å². The molecule has 114 valence electrons. The minimum Gasteiger partial charge on any atom is -0.468 e. The molecule has 0 saturated heterocycles. The van der Waals surface area contributed by atoms with Crippen LogP contribution in [0.4, 0.5) is 0 Å². The molecule has 0 radical (unpaired) electrons. The number of nitrogens with one attached hydrogen (secondary N) is 1. The van der Waals surface area contributed by atoms with Gasteiger partial charge < -0.3 is 4.74 Å². The molecule has 3 heteroatoms. The van der Waals surface area contributed by atoms with Crippen LogP contribution in [-0.4, -0.2) is 19.1 Å². The zero-order valence-corrected chi connectivity index (χ0v) is 12.8. The topological polar surface area (TPSA) is 38.3 Å². The number of rotatable bonds is 4. The Hall–Kier alpha value is -2.13. The Balaban J connectivity index is 1.76. The Morgan fingerprint density at radius 1 is 1.09 bits per heavy atom. The lowest BCUT2D eigenvalue weighted by atomic mass is 9.87. The van der Waals surface area contributed by atoms with Crippen LogP contribution < -0.4 is 5.32 Å². The zero-order valence-electron chi connectivity index (χ0n) is 12.8. The number of hydrogen-bond donors (Lipinski definition) is 1. The quantitative estimate of drug-likeness (QED) is 0.881. The molecular formula is C19H21NO2. The molecule has 0 amide bonds. The Kier molecular flexibility index (Phi) is 4.54. The fraction of sp³-hybridized carbons (Fsp3) is 0.316. The van der Waals surface area contributed by atoms with Gasteiger partial charge in [0.15, 0.2) is 0 Å². The highest BCUT2D eigenvalue weighted by atomic mass is 16.5. The summed E-state index contributed by atoms with van der Waals surface area (Å²) in [6.07, 6.45) is 3.05. The van der Waals surface area contributed by atoms with E-state index in [9.17, 15) is 4.79 Å². The summed E-state index contributed by atoms with van der Waals surface area (Å²) >= 11 is 0. The van der Waals surface area contributed by atoms with Crippen molar-refractivity contribution in [3.8, 4) is 0 Å². The van der Waals surface area contributed by atoms with Crippen LogP contribution in [0.15, 0.2) is 54.6 Å². The summed E-state index contributed by atoms with van der Waals surface area (Å²) in [5.41, 5.74) is 3.76. The number of aryl methyl sites for hydroxylation is 1. The van der Waals surface area contributed by atoms with Crippen LogP contribution in [0, 0.1) is 0 Å². The molecule has 22 heavy (non-hydrogen) atoms. The van der Waals surface area contributed by atoms with Gasteiger partial charge in [0.1, 0.15) is 6.04 Å². The van der Waals surface area contributed by atoms with Gasteiger partial charge in [-0.3, -0.25) is 5.32 Å². The van der Waals surface area contributed by atoms with E-state index in [4.69, 9.17) is 4.74 Å². The van der Waals surface area contributed by atoms with Gasteiger partial charge in [0.05, 0.1) is 7.11 Å². The average Bonchev–Trinajstić information content (AvgIpc) is 2.59. The van der Waals surface area contributed by atoms with Gasteiger partial charge in [-0.05, 0) is 36.0 Å². The van der Waals surface area contributed by atoms with E-state index in [1.807, 2.05) is 30.3 Å². The number of benzene rings is 2. The van der Waals surface area contributed by atoms with E-state index in [0.717, 1.165) is 24.8 Å². The maximum atomic E-state index is 12.1. The normalized spacial score (nSPS) is 18.3. The summed E-state index contributed by atoms with van der Waals surface area (Å²) < 4.78 is 4.98. The predicted octanol–water partition coefficient (Wildman–Crippen LogP) is 3.05. The van der Waals surface area contributed by atoms with E-state index in [2.05, 4.69) is 29.6 Å². The molecule has 2 unspecified atom stereocenters. The van der Waals surface area contributed by atoms with Crippen molar-refractivity contribution in [2.45, 2.75) is 31.3 Å². The van der Waals surface area contributed by atoms with Crippen LogP contribution in [0.25, 0.3) is 0 Å². The van der Waals surface area contributed by atoms with Gasteiger partial charge in [-0.1, -0.05) is 54.6 Å². The second-order valence-corrected chi connectivity index (χ2v) is 5.74. The highest BCUT2D eigenvalue weighted by Gasteiger charge is 2.26. The van der Waals surface area contributed by atoms with E-state index >= 15 is 0 Å². The number of fused-ring (bicyclic) bond motifs is 1. The van der Waals surface area contributed by atoms with Crippen LogP contribution in [0.2, 0.25) is 0 Å². The first-order chi connectivity index (χ1) is 10.8. The molecule has 1 N–H and O–H groups in total. The lowest BCUT2D eigenvalue weighted by molar-refractivity contribution is -0.143. The minimum absolute atomic E-state index is 0.231. The van der Waals surface area contributed by atoms with Gasteiger partial charge >= 0.3 is 5.97 Å². The number of ether oxygens (including phenoxy) is 1. The summed E-state index contributed by atoms with van der Waals surface area (Å²) in [6, 6.07) is 18.2. The summed E-state index contributed by atoms with van der Waals surface area (Å²) in [5.74, 6) is -0.231. The van der Waals surface area contributed by atoms with Crippen molar-refractivity contribution in [2.75, 3.05) is 7.11 Å². The molecule has 0 bridgehead atoms. The average molecular weight is 295 g/mol. The summed E-state index contributed by atoms with van der Waals surface area (Å²) in [5, 5.41) is 3.49. The second kappa shape index (κ2) is 6.75. The minimum atomic E-state index is -0.401. The van der Waals surface area contributed by atoms with E-state index < -0.39 is 6.04 Å². The maximum absolute atomic E-state index is 12.1. The van der Waals surface area contributed by atoms with E-state index in [1.54, 1.807) is 0 Å². The summed E-state index contributed by atoms with van der Waals surface area (Å²) in [6.45, 7) is 0. The zero-order chi connectivity index (χ0) is 15.4. The van der Waals surface area contributed by atoms with E-state index in [1.165, 1.54) is 18.2 Å². The molecule has 0 aliphatic heterocycles. The fourth-order valence-corrected chi connectivity index (χ4v) is 3.14. The molecule has 0 saturated carbocycles. The summed E-state index contributed by atoms with van der Waals surface area (Å²) in [4.78, 5) is 12.1. The SMILES string of the molecule is COC(=O)C(NC1CCc2ccccc2C1)c1ccccc1. The molecular weight excluding hydrogens is 274 g/mol. The predicted molar refractivity (Wildman–Crippen MR) is 86.6 cm³/mol. The Labute approximate surface area is 131 Å². The lowest BCUT2D eigenvalue weighted by Crippen LogP contribution is -2.40. The highest BCUT2D eigenvalue weighted by Crippen LogP contribution is 2.24. The van der Waals surface area contributed by atoms with Crippen molar-refractivity contribution in [3.05, 3.63) is 71.3 Å². The van der Waals surface area contributed by atoms with Crippen molar-refractivity contribution in [2.24, 2.45) is 0 Å². The van der Waals surface area contributed by atoms with Gasteiger partial charge in [-0.2, -0.15) is 0 Å². The highest BCUT2D eigenvalue weighted by molar-refractivity contribution is 5.77. The van der Waals surface area contributed by atoms with Crippen molar-refractivity contribution in [1.82, 2.24) is 5.32 Å².